The van der Waals surface area contributed by atoms with Gasteiger partial charge in [0, 0.05) is 5.69 Å². The predicted molar refractivity (Wildman–Crippen MR) is 53.9 cm³/mol. The van der Waals surface area contributed by atoms with Crippen molar-refractivity contribution in [1.82, 2.24) is 0 Å². The van der Waals surface area contributed by atoms with Gasteiger partial charge in [-0.3, -0.25) is 0 Å². The van der Waals surface area contributed by atoms with Gasteiger partial charge in [0.2, 0.25) is 0 Å². The van der Waals surface area contributed by atoms with Gasteiger partial charge in [0.1, 0.15) is 5.75 Å². The second kappa shape index (κ2) is 2.95. The zero-order valence-electron chi connectivity index (χ0n) is 7.93. The topological polar surface area (TPSA) is 46.2 Å². The van der Waals surface area contributed by atoms with Crippen LogP contribution in [0.15, 0.2) is 6.07 Å². The van der Waals surface area contributed by atoms with Gasteiger partial charge in [0.05, 0.1) is 0 Å². The first-order valence-corrected chi connectivity index (χ1v) is 4.80. The standard InChI is InChI=1S/C11H15NO/c1-7-6-10(12)8-4-2-3-5-9(8)11(7)13/h6,13H,2-5,12H2,1H3. The lowest BCUT2D eigenvalue weighted by molar-refractivity contribution is 0.458. The summed E-state index contributed by atoms with van der Waals surface area (Å²) >= 11 is 0. The average molecular weight is 177 g/mol. The van der Waals surface area contributed by atoms with E-state index in [0.29, 0.717) is 5.75 Å². The highest BCUT2D eigenvalue weighted by Crippen LogP contribution is 2.35. The number of phenols is 1. The van der Waals surface area contributed by atoms with Crippen molar-refractivity contribution in [2.45, 2.75) is 32.6 Å². The third-order valence-corrected chi connectivity index (χ3v) is 2.85. The smallest absolute Gasteiger partial charge is 0.122 e. The second-order valence-corrected chi connectivity index (χ2v) is 3.80. The zero-order valence-corrected chi connectivity index (χ0v) is 7.93. The number of benzene rings is 1. The fourth-order valence-electron chi connectivity index (χ4n) is 2.11. The molecule has 1 aromatic rings. The summed E-state index contributed by atoms with van der Waals surface area (Å²) in [5, 5.41) is 9.81. The molecule has 70 valence electrons. The Kier molecular flexibility index (Phi) is 1.91. The van der Waals surface area contributed by atoms with Gasteiger partial charge in [-0.1, -0.05) is 0 Å². The van der Waals surface area contributed by atoms with Crippen molar-refractivity contribution in [3.05, 3.63) is 22.8 Å². The number of hydrogen-bond acceptors (Lipinski definition) is 2. The van der Waals surface area contributed by atoms with E-state index in [1.165, 1.54) is 18.4 Å². The first kappa shape index (κ1) is 8.42. The molecule has 1 aliphatic rings. The molecule has 0 saturated heterocycles. The van der Waals surface area contributed by atoms with Crippen LogP contribution >= 0.6 is 0 Å². The first-order valence-electron chi connectivity index (χ1n) is 4.80. The van der Waals surface area contributed by atoms with Gasteiger partial charge >= 0.3 is 0 Å². The number of hydrogen-bond donors (Lipinski definition) is 2. The van der Waals surface area contributed by atoms with Crippen LogP contribution in [-0.4, -0.2) is 5.11 Å². The molecule has 0 saturated carbocycles. The maximum Gasteiger partial charge on any atom is 0.122 e. The van der Waals surface area contributed by atoms with E-state index in [1.807, 2.05) is 13.0 Å². The normalized spacial score (nSPS) is 15.5. The molecule has 0 radical (unpaired) electrons. The van der Waals surface area contributed by atoms with E-state index in [9.17, 15) is 5.11 Å². The number of aromatic hydroxyl groups is 1. The van der Waals surface area contributed by atoms with Gasteiger partial charge < -0.3 is 10.8 Å². The minimum atomic E-state index is 0.462. The number of anilines is 1. The summed E-state index contributed by atoms with van der Waals surface area (Å²) in [7, 11) is 0. The van der Waals surface area contributed by atoms with Gasteiger partial charge in [-0.15, -0.1) is 0 Å². The molecule has 0 aromatic heterocycles. The quantitative estimate of drug-likeness (QED) is 0.471. The lowest BCUT2D eigenvalue weighted by Crippen LogP contribution is -2.07. The minimum Gasteiger partial charge on any atom is -0.507 e. The number of nitrogen functional groups attached to an aromatic ring is 1. The van der Waals surface area contributed by atoms with Crippen molar-refractivity contribution in [2.24, 2.45) is 0 Å². The Bertz CT molecular complexity index is 344. The molecule has 0 heterocycles. The molecule has 0 spiro atoms. The summed E-state index contributed by atoms with van der Waals surface area (Å²) in [6, 6.07) is 1.87. The number of phenolic OH excluding ortho intramolecular Hbond substituents is 1. The maximum atomic E-state index is 9.81. The molecule has 13 heavy (non-hydrogen) atoms. The van der Waals surface area contributed by atoms with Crippen LogP contribution in [0.4, 0.5) is 5.69 Å². The van der Waals surface area contributed by atoms with E-state index < -0.39 is 0 Å². The maximum absolute atomic E-state index is 9.81. The molecule has 0 unspecified atom stereocenters. The summed E-state index contributed by atoms with van der Waals surface area (Å²) in [5.41, 5.74) is 9.92. The van der Waals surface area contributed by atoms with Gasteiger partial charge in [-0.25, -0.2) is 0 Å². The molecule has 0 amide bonds. The molecule has 1 aromatic carbocycles. The lowest BCUT2D eigenvalue weighted by Gasteiger charge is -2.20. The van der Waals surface area contributed by atoms with E-state index in [4.69, 9.17) is 5.73 Å². The molecule has 2 heteroatoms. The number of aryl methyl sites for hydroxylation is 1. The summed E-state index contributed by atoms with van der Waals surface area (Å²) in [5.74, 6) is 0.462. The van der Waals surface area contributed by atoms with Gasteiger partial charge in [0.25, 0.3) is 0 Å². The Morgan fingerprint density at radius 1 is 1.23 bits per heavy atom. The third-order valence-electron chi connectivity index (χ3n) is 2.85. The van der Waals surface area contributed by atoms with Crippen molar-refractivity contribution in [3.8, 4) is 5.75 Å². The lowest BCUT2D eigenvalue weighted by atomic mass is 9.88. The molecule has 0 fully saturated rings. The molecular weight excluding hydrogens is 162 g/mol. The molecule has 3 N–H and O–H groups in total. The summed E-state index contributed by atoms with van der Waals surface area (Å²) in [6.45, 7) is 1.90. The van der Waals surface area contributed by atoms with Crippen molar-refractivity contribution in [1.29, 1.82) is 0 Å². The highest BCUT2D eigenvalue weighted by atomic mass is 16.3. The van der Waals surface area contributed by atoms with Crippen LogP contribution in [0.5, 0.6) is 5.75 Å². The Balaban J connectivity index is 2.63. The Morgan fingerprint density at radius 2 is 1.85 bits per heavy atom. The van der Waals surface area contributed by atoms with Gasteiger partial charge in [-0.05, 0) is 55.4 Å². The van der Waals surface area contributed by atoms with Crippen LogP contribution in [0.25, 0.3) is 0 Å². The van der Waals surface area contributed by atoms with Crippen molar-refractivity contribution < 1.29 is 5.11 Å². The molecule has 0 aliphatic heterocycles. The van der Waals surface area contributed by atoms with E-state index in [-0.39, 0.29) is 0 Å². The van der Waals surface area contributed by atoms with E-state index in [2.05, 4.69) is 0 Å². The van der Waals surface area contributed by atoms with Crippen molar-refractivity contribution in [3.63, 3.8) is 0 Å². The number of fused-ring (bicyclic) bond motifs is 1. The van der Waals surface area contributed by atoms with Crippen LogP contribution in [0.3, 0.4) is 0 Å². The summed E-state index contributed by atoms with van der Waals surface area (Å²) < 4.78 is 0. The Hall–Kier alpha value is -1.18. The van der Waals surface area contributed by atoms with E-state index in [0.717, 1.165) is 29.7 Å². The largest absolute Gasteiger partial charge is 0.507 e. The summed E-state index contributed by atoms with van der Waals surface area (Å²) in [4.78, 5) is 0. The Labute approximate surface area is 78.4 Å². The van der Waals surface area contributed by atoms with Gasteiger partial charge in [-0.2, -0.15) is 0 Å². The monoisotopic (exact) mass is 177 g/mol. The summed E-state index contributed by atoms with van der Waals surface area (Å²) in [6.07, 6.45) is 4.37. The third kappa shape index (κ3) is 1.26. The molecular formula is C11H15NO. The first-order chi connectivity index (χ1) is 6.20. The highest BCUT2D eigenvalue weighted by Gasteiger charge is 2.17. The predicted octanol–water partition coefficient (Wildman–Crippen LogP) is 2.16. The van der Waals surface area contributed by atoms with Crippen molar-refractivity contribution in [2.75, 3.05) is 5.73 Å². The molecule has 0 atom stereocenters. The zero-order chi connectivity index (χ0) is 9.42. The second-order valence-electron chi connectivity index (χ2n) is 3.80. The highest BCUT2D eigenvalue weighted by molar-refractivity contribution is 5.60. The minimum absolute atomic E-state index is 0.462. The fraction of sp³-hybridized carbons (Fsp3) is 0.455. The number of rotatable bonds is 0. The van der Waals surface area contributed by atoms with Crippen LogP contribution in [-0.2, 0) is 12.8 Å². The van der Waals surface area contributed by atoms with Crippen LogP contribution in [0.2, 0.25) is 0 Å². The Morgan fingerprint density at radius 3 is 2.54 bits per heavy atom. The van der Waals surface area contributed by atoms with Crippen LogP contribution in [0, 0.1) is 6.92 Å². The molecule has 2 nitrogen and oxygen atoms in total. The van der Waals surface area contributed by atoms with Crippen LogP contribution in [0.1, 0.15) is 29.5 Å². The van der Waals surface area contributed by atoms with Crippen LogP contribution < -0.4 is 5.73 Å². The SMILES string of the molecule is Cc1cc(N)c2c(c1O)CCCC2. The molecule has 1 aliphatic carbocycles. The molecule has 0 bridgehead atoms. The molecule has 2 rings (SSSR count). The van der Waals surface area contributed by atoms with Crippen molar-refractivity contribution >= 4 is 5.69 Å². The van der Waals surface area contributed by atoms with E-state index in [1.54, 1.807) is 0 Å². The number of nitrogens with two attached hydrogens (primary N) is 1. The average Bonchev–Trinajstić information content (AvgIpc) is 2.15. The van der Waals surface area contributed by atoms with Gasteiger partial charge in [0.15, 0.2) is 0 Å². The fourth-order valence-corrected chi connectivity index (χ4v) is 2.11. The van der Waals surface area contributed by atoms with E-state index >= 15 is 0 Å².